The quantitative estimate of drug-likeness (QED) is 0.769. The average molecular weight is 203 g/mol. The maximum Gasteiger partial charge on any atom is 0.335 e. The van der Waals surface area contributed by atoms with Gasteiger partial charge in [-0.15, -0.1) is 0 Å². The van der Waals surface area contributed by atoms with Gasteiger partial charge in [0.1, 0.15) is 6.29 Å². The molecule has 15 heavy (non-hydrogen) atoms. The van der Waals surface area contributed by atoms with E-state index in [1.807, 2.05) is 6.07 Å². The smallest absolute Gasteiger partial charge is 0.335 e. The van der Waals surface area contributed by atoms with Crippen molar-refractivity contribution in [2.75, 3.05) is 0 Å². The van der Waals surface area contributed by atoms with Gasteiger partial charge >= 0.3 is 5.97 Å². The molecule has 0 fully saturated rings. The highest BCUT2D eigenvalue weighted by atomic mass is 16.4. The number of carbonyl (C=O) groups is 2. The molecule has 0 spiro atoms. The highest BCUT2D eigenvalue weighted by Crippen LogP contribution is 2.17. The molecule has 0 saturated heterocycles. The number of aromatic nitrogens is 1. The number of rotatable bonds is 3. The van der Waals surface area contributed by atoms with Crippen molar-refractivity contribution in [2.24, 2.45) is 0 Å². The third-order valence-corrected chi connectivity index (χ3v) is 2.29. The number of carboxylic acid groups (broad SMARTS) is 1. The lowest BCUT2D eigenvalue weighted by molar-refractivity contribution is -0.108. The minimum absolute atomic E-state index is 0.230. The fourth-order valence-corrected chi connectivity index (χ4v) is 1.56. The van der Waals surface area contributed by atoms with Crippen LogP contribution in [0.1, 0.15) is 10.4 Å². The van der Waals surface area contributed by atoms with E-state index in [-0.39, 0.29) is 12.1 Å². The predicted molar refractivity (Wildman–Crippen MR) is 55.0 cm³/mol. The first-order valence-corrected chi connectivity index (χ1v) is 4.48. The van der Waals surface area contributed by atoms with Crippen LogP contribution in [-0.2, 0) is 11.3 Å². The molecule has 0 aliphatic heterocycles. The van der Waals surface area contributed by atoms with E-state index in [1.54, 1.807) is 29.0 Å². The molecule has 0 aliphatic rings. The number of hydrogen-bond acceptors (Lipinski definition) is 2. The van der Waals surface area contributed by atoms with Crippen LogP contribution in [0, 0.1) is 0 Å². The molecule has 0 unspecified atom stereocenters. The summed E-state index contributed by atoms with van der Waals surface area (Å²) in [5, 5.41) is 9.76. The monoisotopic (exact) mass is 203 g/mol. The maximum absolute atomic E-state index is 10.8. The standard InChI is InChI=1S/C11H9NO3/c13-6-5-12-4-3-8-1-2-9(11(14)15)7-10(8)12/h1-4,6-7H,5H2,(H,14,15). The molecule has 4 heteroatoms. The molecule has 0 saturated carbocycles. The van der Waals surface area contributed by atoms with Crippen molar-refractivity contribution in [1.29, 1.82) is 0 Å². The van der Waals surface area contributed by atoms with Crippen LogP contribution in [0.5, 0.6) is 0 Å². The Hall–Kier alpha value is -2.10. The van der Waals surface area contributed by atoms with E-state index in [9.17, 15) is 9.59 Å². The Morgan fingerprint density at radius 1 is 1.40 bits per heavy atom. The normalized spacial score (nSPS) is 10.4. The highest BCUT2D eigenvalue weighted by molar-refractivity contribution is 5.93. The van der Waals surface area contributed by atoms with Crippen LogP contribution in [0.25, 0.3) is 10.9 Å². The highest BCUT2D eigenvalue weighted by Gasteiger charge is 2.06. The van der Waals surface area contributed by atoms with Gasteiger partial charge in [-0.25, -0.2) is 4.79 Å². The van der Waals surface area contributed by atoms with Crippen molar-refractivity contribution in [1.82, 2.24) is 4.57 Å². The lowest BCUT2D eigenvalue weighted by Crippen LogP contribution is -1.99. The number of aromatic carboxylic acids is 1. The summed E-state index contributed by atoms with van der Waals surface area (Å²) in [6.07, 6.45) is 2.55. The van der Waals surface area contributed by atoms with E-state index < -0.39 is 5.97 Å². The Morgan fingerprint density at radius 2 is 2.20 bits per heavy atom. The van der Waals surface area contributed by atoms with E-state index in [0.29, 0.717) is 0 Å². The van der Waals surface area contributed by atoms with Crippen molar-refractivity contribution in [3.8, 4) is 0 Å². The van der Waals surface area contributed by atoms with Gasteiger partial charge in [-0.2, -0.15) is 0 Å². The van der Waals surface area contributed by atoms with E-state index in [0.717, 1.165) is 17.2 Å². The van der Waals surface area contributed by atoms with Crippen LogP contribution in [0.3, 0.4) is 0 Å². The number of fused-ring (bicyclic) bond motifs is 1. The molecule has 1 heterocycles. The van der Waals surface area contributed by atoms with Gasteiger partial charge in [-0.3, -0.25) is 0 Å². The molecule has 1 aromatic carbocycles. The zero-order valence-electron chi connectivity index (χ0n) is 7.88. The summed E-state index contributed by atoms with van der Waals surface area (Å²) in [7, 11) is 0. The van der Waals surface area contributed by atoms with Crippen LogP contribution in [0.2, 0.25) is 0 Å². The summed E-state index contributed by atoms with van der Waals surface area (Å²) in [5.74, 6) is -0.962. The van der Waals surface area contributed by atoms with Gasteiger partial charge in [-0.1, -0.05) is 6.07 Å². The molecule has 0 atom stereocenters. The largest absolute Gasteiger partial charge is 0.478 e. The van der Waals surface area contributed by atoms with E-state index >= 15 is 0 Å². The molecular weight excluding hydrogens is 194 g/mol. The predicted octanol–water partition coefficient (Wildman–Crippen LogP) is 1.54. The minimum atomic E-state index is -0.962. The molecule has 4 nitrogen and oxygen atoms in total. The Balaban J connectivity index is 2.60. The molecular formula is C11H9NO3. The molecule has 0 bridgehead atoms. The first-order chi connectivity index (χ1) is 7.22. The Labute approximate surface area is 85.7 Å². The van der Waals surface area contributed by atoms with Gasteiger partial charge in [0, 0.05) is 11.7 Å². The van der Waals surface area contributed by atoms with E-state index in [4.69, 9.17) is 5.11 Å². The second-order valence-corrected chi connectivity index (χ2v) is 3.21. The SMILES string of the molecule is O=CCn1ccc2ccc(C(=O)O)cc21. The van der Waals surface area contributed by atoms with Crippen LogP contribution in [0.4, 0.5) is 0 Å². The average Bonchev–Trinajstić information content (AvgIpc) is 2.61. The van der Waals surface area contributed by atoms with Crippen molar-refractivity contribution >= 4 is 23.2 Å². The molecule has 0 radical (unpaired) electrons. The fourth-order valence-electron chi connectivity index (χ4n) is 1.56. The summed E-state index contributed by atoms with van der Waals surface area (Å²) >= 11 is 0. The van der Waals surface area contributed by atoms with Gasteiger partial charge < -0.3 is 14.5 Å². The zero-order valence-corrected chi connectivity index (χ0v) is 7.88. The summed E-state index contributed by atoms with van der Waals surface area (Å²) in [4.78, 5) is 21.2. The van der Waals surface area contributed by atoms with E-state index in [2.05, 4.69) is 0 Å². The first kappa shape index (κ1) is 9.45. The third kappa shape index (κ3) is 1.61. The number of hydrogen-bond donors (Lipinski definition) is 1. The van der Waals surface area contributed by atoms with Gasteiger partial charge in [0.15, 0.2) is 0 Å². The summed E-state index contributed by atoms with van der Waals surface area (Å²) in [6.45, 7) is 0.243. The second-order valence-electron chi connectivity index (χ2n) is 3.21. The van der Waals surface area contributed by atoms with Crippen LogP contribution in [0.15, 0.2) is 30.5 Å². The molecule has 0 amide bonds. The molecule has 76 valence electrons. The lowest BCUT2D eigenvalue weighted by Gasteiger charge is -2.00. The number of aldehydes is 1. The van der Waals surface area contributed by atoms with E-state index in [1.165, 1.54) is 0 Å². The van der Waals surface area contributed by atoms with Crippen LogP contribution >= 0.6 is 0 Å². The van der Waals surface area contributed by atoms with Gasteiger partial charge in [-0.05, 0) is 23.6 Å². The fraction of sp³-hybridized carbons (Fsp3) is 0.0909. The summed E-state index contributed by atoms with van der Waals surface area (Å²) in [5.41, 5.74) is 0.996. The van der Waals surface area contributed by atoms with Crippen molar-refractivity contribution in [2.45, 2.75) is 6.54 Å². The molecule has 1 N–H and O–H groups in total. The number of nitrogens with zero attached hydrogens (tertiary/aromatic N) is 1. The Bertz CT molecular complexity index is 528. The Kier molecular flexibility index (Phi) is 2.25. The summed E-state index contributed by atoms with van der Waals surface area (Å²) in [6, 6.07) is 6.71. The third-order valence-electron chi connectivity index (χ3n) is 2.29. The van der Waals surface area contributed by atoms with Crippen LogP contribution < -0.4 is 0 Å². The molecule has 2 rings (SSSR count). The lowest BCUT2D eigenvalue weighted by atomic mass is 10.2. The van der Waals surface area contributed by atoms with Gasteiger partial charge in [0.05, 0.1) is 12.1 Å². The molecule has 2 aromatic rings. The van der Waals surface area contributed by atoms with Gasteiger partial charge in [0.25, 0.3) is 0 Å². The maximum atomic E-state index is 10.8. The molecule has 0 aliphatic carbocycles. The first-order valence-electron chi connectivity index (χ1n) is 4.48. The topological polar surface area (TPSA) is 59.3 Å². The van der Waals surface area contributed by atoms with Gasteiger partial charge in [0.2, 0.25) is 0 Å². The van der Waals surface area contributed by atoms with Crippen LogP contribution in [-0.4, -0.2) is 21.9 Å². The van der Waals surface area contributed by atoms with Crippen molar-refractivity contribution in [3.63, 3.8) is 0 Å². The number of benzene rings is 1. The molecule has 1 aromatic heterocycles. The second kappa shape index (κ2) is 3.57. The minimum Gasteiger partial charge on any atom is -0.478 e. The van der Waals surface area contributed by atoms with Crippen molar-refractivity contribution in [3.05, 3.63) is 36.0 Å². The summed E-state index contributed by atoms with van der Waals surface area (Å²) < 4.78 is 1.72. The Morgan fingerprint density at radius 3 is 2.87 bits per heavy atom. The zero-order chi connectivity index (χ0) is 10.8. The number of carbonyl (C=O) groups excluding carboxylic acids is 1. The number of carboxylic acids is 1. The van der Waals surface area contributed by atoms with Crippen molar-refractivity contribution < 1.29 is 14.7 Å².